The molecule has 0 atom stereocenters. The van der Waals surface area contributed by atoms with Crippen LogP contribution in [0.15, 0.2) is 122 Å². The summed E-state index contributed by atoms with van der Waals surface area (Å²) in [4.78, 5) is 4.83. The van der Waals surface area contributed by atoms with E-state index in [4.69, 9.17) is 4.98 Å². The van der Waals surface area contributed by atoms with Gasteiger partial charge in [0, 0.05) is 11.3 Å². The van der Waals surface area contributed by atoms with Crippen LogP contribution in [0.25, 0.3) is 22.3 Å². The van der Waals surface area contributed by atoms with Crippen molar-refractivity contribution in [2.45, 2.75) is 20.8 Å². The zero-order chi connectivity index (χ0) is 21.9. The van der Waals surface area contributed by atoms with E-state index < -0.39 is 0 Å². The molecule has 0 radical (unpaired) electrons. The molecule has 0 saturated heterocycles. The van der Waals surface area contributed by atoms with Gasteiger partial charge >= 0.3 is 0 Å². The highest BCUT2D eigenvalue weighted by Crippen LogP contribution is 2.27. The van der Waals surface area contributed by atoms with E-state index in [2.05, 4.69) is 42.5 Å². The monoisotopic (exact) mass is 394 g/mol. The number of hydrogen-bond acceptors (Lipinski definition) is 1. The van der Waals surface area contributed by atoms with Crippen LogP contribution >= 0.6 is 0 Å². The van der Waals surface area contributed by atoms with E-state index in [1.54, 1.807) is 0 Å². The Morgan fingerprint density at radius 3 is 2.07 bits per heavy atom. The maximum atomic E-state index is 4.83. The van der Waals surface area contributed by atoms with Gasteiger partial charge in [-0.05, 0) is 56.7 Å². The molecule has 30 heavy (non-hydrogen) atoms. The Labute approximate surface area is 180 Å². The fraction of sp³-hybridized carbons (Fsp3) is 0.107. The van der Waals surface area contributed by atoms with Gasteiger partial charge in [-0.3, -0.25) is 4.57 Å². The first-order valence-corrected chi connectivity index (χ1v) is 9.99. The molecule has 1 heterocycles. The molecule has 2 heteroatoms. The smallest absolute Gasteiger partial charge is 0.145 e. The molecule has 0 amide bonds. The lowest BCUT2D eigenvalue weighted by molar-refractivity contribution is 1.06. The molecule has 3 rings (SSSR count). The molecular weight excluding hydrogens is 364 g/mol. The van der Waals surface area contributed by atoms with Gasteiger partial charge in [-0.25, -0.2) is 4.98 Å². The lowest BCUT2D eigenvalue weighted by Crippen LogP contribution is -2.00. The van der Waals surface area contributed by atoms with Crippen molar-refractivity contribution in [2.75, 3.05) is 0 Å². The van der Waals surface area contributed by atoms with Crippen LogP contribution in [-0.2, 0) is 0 Å². The van der Waals surface area contributed by atoms with E-state index in [0.29, 0.717) is 0 Å². The van der Waals surface area contributed by atoms with Crippen molar-refractivity contribution in [1.29, 1.82) is 0 Å². The van der Waals surface area contributed by atoms with E-state index in [0.717, 1.165) is 39.3 Å². The van der Waals surface area contributed by atoms with Gasteiger partial charge in [0.25, 0.3) is 0 Å². The molecule has 2 aromatic carbocycles. The predicted octanol–water partition coefficient (Wildman–Crippen LogP) is 7.87. The third kappa shape index (κ3) is 5.68. The van der Waals surface area contributed by atoms with Gasteiger partial charge in [0.05, 0.1) is 11.0 Å². The maximum Gasteiger partial charge on any atom is 0.145 e. The van der Waals surface area contributed by atoms with Crippen LogP contribution in [0.3, 0.4) is 0 Å². The Morgan fingerprint density at radius 2 is 1.50 bits per heavy atom. The fourth-order valence-electron chi connectivity index (χ4n) is 2.81. The number of fused-ring (bicyclic) bond motifs is 1. The zero-order valence-electron chi connectivity index (χ0n) is 18.2. The van der Waals surface area contributed by atoms with Gasteiger partial charge in [0.15, 0.2) is 0 Å². The van der Waals surface area contributed by atoms with Gasteiger partial charge in [-0.1, -0.05) is 86.0 Å². The summed E-state index contributed by atoms with van der Waals surface area (Å²) >= 11 is 0. The van der Waals surface area contributed by atoms with E-state index in [9.17, 15) is 0 Å². The minimum atomic E-state index is 0.847. The Balaban J connectivity index is 0.000000469. The number of hydrogen-bond donors (Lipinski definition) is 0. The number of benzene rings is 2. The summed E-state index contributed by atoms with van der Waals surface area (Å²) < 4.78 is 2.15. The van der Waals surface area contributed by atoms with Crippen LogP contribution in [0.1, 0.15) is 26.6 Å². The first-order valence-electron chi connectivity index (χ1n) is 9.99. The molecule has 0 aliphatic heterocycles. The van der Waals surface area contributed by atoms with E-state index >= 15 is 0 Å². The van der Waals surface area contributed by atoms with Crippen molar-refractivity contribution in [3.63, 3.8) is 0 Å². The first kappa shape index (κ1) is 22.6. The standard InChI is InChI=1S/C22H20N2.C6H10/c1-5-18(15-17(4)16(2)3)22-23-20-13-9-10-14-21(20)24(22)19-11-7-6-8-12-19;1-3-5-6-4-2/h5-15H,1-2,4H2,3H3;3-6H,1-2H3/b18-15+;5-3-,6-4+. The molecule has 2 nitrogen and oxygen atoms in total. The lowest BCUT2D eigenvalue weighted by Gasteiger charge is -2.10. The van der Waals surface area contributed by atoms with Crippen LogP contribution in [-0.4, -0.2) is 9.55 Å². The molecule has 0 saturated carbocycles. The van der Waals surface area contributed by atoms with Crippen molar-refractivity contribution in [1.82, 2.24) is 9.55 Å². The Bertz CT molecular complexity index is 1100. The van der Waals surface area contributed by atoms with Gasteiger partial charge in [-0.2, -0.15) is 0 Å². The van der Waals surface area contributed by atoms with Crippen molar-refractivity contribution < 1.29 is 0 Å². The van der Waals surface area contributed by atoms with E-state index in [1.165, 1.54) is 0 Å². The molecule has 0 N–H and O–H groups in total. The SMILES string of the molecule is C/C=C\C=C\C.C=C/C(=C\C(=C)C(=C)C)c1nc2ccccc2n1-c1ccccc1. The lowest BCUT2D eigenvalue weighted by atomic mass is 10.1. The highest BCUT2D eigenvalue weighted by Gasteiger charge is 2.14. The Kier molecular flexibility index (Phi) is 8.58. The molecule has 0 spiro atoms. The van der Waals surface area contributed by atoms with E-state index in [-0.39, 0.29) is 0 Å². The molecule has 0 aliphatic carbocycles. The van der Waals surface area contributed by atoms with Crippen molar-refractivity contribution in [2.24, 2.45) is 0 Å². The van der Waals surface area contributed by atoms with Gasteiger partial charge in [0.2, 0.25) is 0 Å². The average Bonchev–Trinajstić information content (AvgIpc) is 3.16. The van der Waals surface area contributed by atoms with Crippen molar-refractivity contribution in [3.05, 3.63) is 128 Å². The van der Waals surface area contributed by atoms with Gasteiger partial charge in [0.1, 0.15) is 5.82 Å². The first-order chi connectivity index (χ1) is 14.5. The minimum absolute atomic E-state index is 0.847. The molecule has 0 aliphatic rings. The second-order valence-corrected chi connectivity index (χ2v) is 6.76. The van der Waals surface area contributed by atoms with Gasteiger partial charge < -0.3 is 0 Å². The van der Waals surface area contributed by atoms with Crippen LogP contribution in [0, 0.1) is 0 Å². The number of imidazole rings is 1. The summed E-state index contributed by atoms with van der Waals surface area (Å²) in [6.45, 7) is 17.9. The number of rotatable bonds is 6. The molecular formula is C28H30N2. The highest BCUT2D eigenvalue weighted by atomic mass is 15.1. The molecule has 0 bridgehead atoms. The molecule has 1 aromatic heterocycles. The Hall–Kier alpha value is -3.65. The zero-order valence-corrected chi connectivity index (χ0v) is 18.2. The van der Waals surface area contributed by atoms with Crippen LogP contribution < -0.4 is 0 Å². The van der Waals surface area contributed by atoms with Crippen LogP contribution in [0.5, 0.6) is 0 Å². The van der Waals surface area contributed by atoms with Crippen molar-refractivity contribution >= 4 is 16.6 Å². The third-order valence-electron chi connectivity index (χ3n) is 4.43. The molecule has 152 valence electrons. The second-order valence-electron chi connectivity index (χ2n) is 6.76. The fourth-order valence-corrected chi connectivity index (χ4v) is 2.81. The van der Waals surface area contributed by atoms with E-state index in [1.807, 2.05) is 93.6 Å². The Morgan fingerprint density at radius 1 is 0.900 bits per heavy atom. The van der Waals surface area contributed by atoms with Crippen molar-refractivity contribution in [3.8, 4) is 5.69 Å². The largest absolute Gasteiger partial charge is 0.292 e. The summed E-state index contributed by atoms with van der Waals surface area (Å²) in [5.74, 6) is 0.847. The third-order valence-corrected chi connectivity index (χ3v) is 4.43. The summed E-state index contributed by atoms with van der Waals surface area (Å²) in [6.07, 6.45) is 11.8. The molecule has 3 aromatic rings. The highest BCUT2D eigenvalue weighted by molar-refractivity contribution is 5.85. The van der Waals surface area contributed by atoms with Gasteiger partial charge in [-0.15, -0.1) is 0 Å². The average molecular weight is 395 g/mol. The quantitative estimate of drug-likeness (QED) is 0.389. The predicted molar refractivity (Wildman–Crippen MR) is 133 cm³/mol. The summed E-state index contributed by atoms with van der Waals surface area (Å²) in [6, 6.07) is 18.3. The molecule has 0 fully saturated rings. The maximum absolute atomic E-state index is 4.83. The number of nitrogens with zero attached hydrogens (tertiary/aromatic N) is 2. The molecule has 0 unspecified atom stereocenters. The summed E-state index contributed by atoms with van der Waals surface area (Å²) in [7, 11) is 0. The number of aromatic nitrogens is 2. The normalized spacial score (nSPS) is 11.5. The minimum Gasteiger partial charge on any atom is -0.292 e. The topological polar surface area (TPSA) is 17.8 Å². The summed E-state index contributed by atoms with van der Waals surface area (Å²) in [5, 5.41) is 0. The number of allylic oxidation sites excluding steroid dienone is 9. The number of para-hydroxylation sites is 3. The van der Waals surface area contributed by atoms with Crippen LogP contribution in [0.4, 0.5) is 0 Å². The second kappa shape index (κ2) is 11.4. The summed E-state index contributed by atoms with van der Waals surface area (Å²) in [5.41, 5.74) is 5.80. The van der Waals surface area contributed by atoms with Crippen LogP contribution in [0.2, 0.25) is 0 Å².